The van der Waals surface area contributed by atoms with Crippen LogP contribution in [0.2, 0.25) is 0 Å². The van der Waals surface area contributed by atoms with Crippen LogP contribution in [-0.2, 0) is 11.2 Å². The minimum atomic E-state index is 0.0604. The van der Waals surface area contributed by atoms with E-state index in [4.69, 9.17) is 0 Å². The maximum absolute atomic E-state index is 13.1. The Kier molecular flexibility index (Phi) is 6.58. The number of carbonyl (C=O) groups excluding carboxylic acids is 1. The number of anilines is 3. The van der Waals surface area contributed by atoms with Crippen molar-refractivity contribution >= 4 is 29.0 Å². The lowest BCUT2D eigenvalue weighted by atomic mass is 10.1. The average Bonchev–Trinajstić information content (AvgIpc) is 3.17. The van der Waals surface area contributed by atoms with Gasteiger partial charge >= 0.3 is 0 Å². The molecule has 3 nitrogen and oxygen atoms in total. The number of nitrogens with zero attached hydrogens (tertiary/aromatic N) is 2. The van der Waals surface area contributed by atoms with Gasteiger partial charge in [-0.2, -0.15) is 0 Å². The summed E-state index contributed by atoms with van der Waals surface area (Å²) in [5.41, 5.74) is 7.16. The topological polar surface area (TPSA) is 23.6 Å². The number of amides is 1. The first-order valence-corrected chi connectivity index (χ1v) is 11.9. The Balaban J connectivity index is 1.35. The highest BCUT2D eigenvalue weighted by Crippen LogP contribution is 2.35. The first-order chi connectivity index (χ1) is 17.2. The van der Waals surface area contributed by atoms with Gasteiger partial charge in [0.1, 0.15) is 0 Å². The van der Waals surface area contributed by atoms with E-state index in [1.165, 1.54) is 5.56 Å². The van der Waals surface area contributed by atoms with Crippen molar-refractivity contribution in [1.82, 2.24) is 4.90 Å². The number of carbonyl (C=O) groups is 1. The van der Waals surface area contributed by atoms with Gasteiger partial charge in [-0.1, -0.05) is 85.4 Å². The Labute approximate surface area is 207 Å². The lowest BCUT2D eigenvalue weighted by molar-refractivity contribution is -0.123. The van der Waals surface area contributed by atoms with E-state index < -0.39 is 0 Å². The van der Waals surface area contributed by atoms with Crippen molar-refractivity contribution in [2.45, 2.75) is 12.8 Å². The van der Waals surface area contributed by atoms with Gasteiger partial charge in [0, 0.05) is 41.3 Å². The van der Waals surface area contributed by atoms with Crippen molar-refractivity contribution in [3.05, 3.63) is 144 Å². The molecular formula is C32H28N2O. The van der Waals surface area contributed by atoms with Crippen molar-refractivity contribution in [2.75, 3.05) is 11.4 Å². The SMILES string of the molecule is C=C1C/C(=C/c2ccc(N(c3ccccc3)c3ccccc3)cc2)C(=O)N1CCc1ccccc1. The number of likely N-dealkylation sites (tertiary alicyclic amines) is 1. The van der Waals surface area contributed by atoms with E-state index in [9.17, 15) is 4.79 Å². The van der Waals surface area contributed by atoms with E-state index >= 15 is 0 Å². The molecule has 1 heterocycles. The van der Waals surface area contributed by atoms with Crippen LogP contribution in [0.4, 0.5) is 17.1 Å². The van der Waals surface area contributed by atoms with Gasteiger partial charge in [-0.25, -0.2) is 0 Å². The fourth-order valence-electron chi connectivity index (χ4n) is 4.49. The number of allylic oxidation sites excluding steroid dienone is 1. The molecule has 1 amide bonds. The highest BCUT2D eigenvalue weighted by molar-refractivity contribution is 6.02. The summed E-state index contributed by atoms with van der Waals surface area (Å²) in [5, 5.41) is 0. The van der Waals surface area contributed by atoms with E-state index in [0.29, 0.717) is 13.0 Å². The molecule has 0 N–H and O–H groups in total. The third kappa shape index (κ3) is 5.10. The lowest BCUT2D eigenvalue weighted by Crippen LogP contribution is -2.26. The molecule has 4 aromatic rings. The molecule has 0 unspecified atom stereocenters. The van der Waals surface area contributed by atoms with E-state index in [1.54, 1.807) is 0 Å². The summed E-state index contributed by atoms with van der Waals surface area (Å²) in [6, 6.07) is 39.3. The Bertz CT molecular complexity index is 1290. The number of hydrogen-bond donors (Lipinski definition) is 0. The van der Waals surface area contributed by atoms with Crippen LogP contribution in [-0.4, -0.2) is 17.4 Å². The lowest BCUT2D eigenvalue weighted by Gasteiger charge is -2.25. The standard InChI is InChI=1S/C32H28N2O/c1-25-23-28(32(35)33(25)22-21-26-11-5-2-6-12-26)24-27-17-19-31(20-18-27)34(29-13-7-3-8-14-29)30-15-9-4-10-16-30/h2-20,24H,1,21-23H2/b28-24-. The van der Waals surface area contributed by atoms with Crippen LogP contribution in [0.25, 0.3) is 6.08 Å². The van der Waals surface area contributed by atoms with Crippen molar-refractivity contribution in [2.24, 2.45) is 0 Å². The summed E-state index contributed by atoms with van der Waals surface area (Å²) in [5.74, 6) is 0.0604. The molecule has 4 aromatic carbocycles. The predicted molar refractivity (Wildman–Crippen MR) is 145 cm³/mol. The molecule has 0 radical (unpaired) electrons. The fourth-order valence-corrected chi connectivity index (χ4v) is 4.49. The largest absolute Gasteiger partial charge is 0.312 e. The molecule has 0 atom stereocenters. The molecule has 0 aliphatic carbocycles. The van der Waals surface area contributed by atoms with Crippen molar-refractivity contribution in [1.29, 1.82) is 0 Å². The van der Waals surface area contributed by atoms with Crippen molar-refractivity contribution in [3.63, 3.8) is 0 Å². The summed E-state index contributed by atoms with van der Waals surface area (Å²) < 4.78 is 0. The van der Waals surface area contributed by atoms with Crippen LogP contribution in [0.15, 0.2) is 133 Å². The zero-order chi connectivity index (χ0) is 24.0. The number of hydrogen-bond acceptors (Lipinski definition) is 2. The quantitative estimate of drug-likeness (QED) is 0.268. The molecule has 1 saturated heterocycles. The van der Waals surface area contributed by atoms with E-state index in [2.05, 4.69) is 72.1 Å². The Hall–Kier alpha value is -4.37. The van der Waals surface area contributed by atoms with Crippen LogP contribution in [0.1, 0.15) is 17.5 Å². The number of rotatable bonds is 7. The summed E-state index contributed by atoms with van der Waals surface area (Å²) in [7, 11) is 0. The average molecular weight is 457 g/mol. The molecule has 1 fully saturated rings. The summed E-state index contributed by atoms with van der Waals surface area (Å²) >= 11 is 0. The minimum Gasteiger partial charge on any atom is -0.312 e. The molecule has 3 heteroatoms. The smallest absolute Gasteiger partial charge is 0.254 e. The van der Waals surface area contributed by atoms with Crippen molar-refractivity contribution in [3.8, 4) is 0 Å². The molecule has 0 saturated carbocycles. The molecule has 172 valence electrons. The molecule has 5 rings (SSSR count). The molecule has 0 spiro atoms. The summed E-state index contributed by atoms with van der Waals surface area (Å²) in [4.78, 5) is 17.1. The van der Waals surface area contributed by atoms with Crippen LogP contribution in [0.5, 0.6) is 0 Å². The van der Waals surface area contributed by atoms with E-state index in [1.807, 2.05) is 65.6 Å². The Morgan fingerprint density at radius 1 is 0.714 bits per heavy atom. The summed E-state index contributed by atoms with van der Waals surface area (Å²) in [6.07, 6.45) is 3.41. The second-order valence-electron chi connectivity index (χ2n) is 8.70. The number of benzene rings is 4. The molecule has 0 aromatic heterocycles. The van der Waals surface area contributed by atoms with Gasteiger partial charge in [-0.05, 0) is 60.0 Å². The van der Waals surface area contributed by atoms with Gasteiger partial charge < -0.3 is 9.80 Å². The van der Waals surface area contributed by atoms with Gasteiger partial charge in [0.25, 0.3) is 5.91 Å². The zero-order valence-corrected chi connectivity index (χ0v) is 19.7. The van der Waals surface area contributed by atoms with Gasteiger partial charge in [-0.15, -0.1) is 0 Å². The highest BCUT2D eigenvalue weighted by atomic mass is 16.2. The van der Waals surface area contributed by atoms with E-state index in [0.717, 1.165) is 40.3 Å². The van der Waals surface area contributed by atoms with Gasteiger partial charge in [0.2, 0.25) is 0 Å². The van der Waals surface area contributed by atoms with Crippen LogP contribution in [0, 0.1) is 0 Å². The fraction of sp³-hybridized carbons (Fsp3) is 0.0938. The first kappa shape index (κ1) is 22.4. The zero-order valence-electron chi connectivity index (χ0n) is 19.7. The molecule has 0 bridgehead atoms. The monoisotopic (exact) mass is 456 g/mol. The molecule has 35 heavy (non-hydrogen) atoms. The first-order valence-electron chi connectivity index (χ1n) is 11.9. The van der Waals surface area contributed by atoms with Gasteiger partial charge in [0.15, 0.2) is 0 Å². The molecular weight excluding hydrogens is 428 g/mol. The maximum atomic E-state index is 13.1. The normalized spacial score (nSPS) is 14.5. The minimum absolute atomic E-state index is 0.0604. The third-order valence-corrected chi connectivity index (χ3v) is 6.28. The highest BCUT2D eigenvalue weighted by Gasteiger charge is 2.28. The molecule has 1 aliphatic rings. The maximum Gasteiger partial charge on any atom is 0.254 e. The summed E-state index contributed by atoms with van der Waals surface area (Å²) in [6.45, 7) is 4.81. The number of para-hydroxylation sites is 2. The van der Waals surface area contributed by atoms with Crippen LogP contribution in [0.3, 0.4) is 0 Å². The van der Waals surface area contributed by atoms with Crippen LogP contribution < -0.4 is 4.90 Å². The Morgan fingerprint density at radius 2 is 1.23 bits per heavy atom. The van der Waals surface area contributed by atoms with E-state index in [-0.39, 0.29) is 5.91 Å². The molecule has 1 aliphatic heterocycles. The second kappa shape index (κ2) is 10.3. The third-order valence-electron chi connectivity index (χ3n) is 6.28. The van der Waals surface area contributed by atoms with Crippen molar-refractivity contribution < 1.29 is 4.79 Å². The predicted octanol–water partition coefficient (Wildman–Crippen LogP) is 7.53. The second-order valence-corrected chi connectivity index (χ2v) is 8.70. The van der Waals surface area contributed by atoms with Gasteiger partial charge in [-0.3, -0.25) is 4.79 Å². The van der Waals surface area contributed by atoms with Crippen LogP contribution >= 0.6 is 0 Å². The van der Waals surface area contributed by atoms with Gasteiger partial charge in [0.05, 0.1) is 0 Å². The Morgan fingerprint density at radius 3 is 1.80 bits per heavy atom.